The van der Waals surface area contributed by atoms with Crippen LogP contribution >= 0.6 is 11.3 Å². The molecule has 25 heavy (non-hydrogen) atoms. The van der Waals surface area contributed by atoms with Gasteiger partial charge in [0.2, 0.25) is 5.91 Å². The zero-order valence-electron chi connectivity index (χ0n) is 14.3. The number of carbonyl (C=O) groups is 1. The number of ether oxygens (including phenoxy) is 2. The van der Waals surface area contributed by atoms with Crippen molar-refractivity contribution in [2.75, 3.05) is 13.2 Å². The van der Waals surface area contributed by atoms with Gasteiger partial charge in [-0.15, -0.1) is 11.3 Å². The largest absolute Gasteiger partial charge is 0.488 e. The number of hydrogen-bond acceptors (Lipinski definition) is 5. The molecule has 0 aliphatic carbocycles. The second kappa shape index (κ2) is 7.93. The molecule has 0 bridgehead atoms. The number of aromatic nitrogens is 1. The number of nitrogens with zero attached hydrogens (tertiary/aromatic N) is 1. The van der Waals surface area contributed by atoms with Crippen molar-refractivity contribution in [3.8, 4) is 5.75 Å². The van der Waals surface area contributed by atoms with Crippen molar-refractivity contribution < 1.29 is 18.7 Å². The SMILES string of the molecule is Cc1nc(C)c(CC(=O)N[C@@H]2COCC[C@@H]2Oc2cccc(F)c2)s1. The highest BCUT2D eigenvalue weighted by atomic mass is 32.1. The summed E-state index contributed by atoms with van der Waals surface area (Å²) in [6, 6.07) is 5.76. The molecular formula is C18H21FN2O3S. The van der Waals surface area contributed by atoms with Crippen LogP contribution < -0.4 is 10.1 Å². The summed E-state index contributed by atoms with van der Waals surface area (Å²) < 4.78 is 24.7. The Morgan fingerprint density at radius 2 is 2.32 bits per heavy atom. The Hall–Kier alpha value is -1.99. The minimum absolute atomic E-state index is 0.0879. The lowest BCUT2D eigenvalue weighted by atomic mass is 10.1. The van der Waals surface area contributed by atoms with Crippen LogP contribution in [-0.2, 0) is 16.0 Å². The first kappa shape index (κ1) is 17.8. The quantitative estimate of drug-likeness (QED) is 0.886. The molecule has 1 aliphatic rings. The van der Waals surface area contributed by atoms with E-state index in [2.05, 4.69) is 10.3 Å². The number of halogens is 1. The molecule has 1 fully saturated rings. The number of carbonyl (C=O) groups excluding carboxylic acids is 1. The summed E-state index contributed by atoms with van der Waals surface area (Å²) in [5.74, 6) is 0.0244. The fourth-order valence-electron chi connectivity index (χ4n) is 2.85. The van der Waals surface area contributed by atoms with Crippen LogP contribution in [0.3, 0.4) is 0 Å². The highest BCUT2D eigenvalue weighted by Crippen LogP contribution is 2.20. The van der Waals surface area contributed by atoms with Crippen LogP contribution in [0.15, 0.2) is 24.3 Å². The van der Waals surface area contributed by atoms with Gasteiger partial charge in [0.1, 0.15) is 17.7 Å². The number of nitrogens with one attached hydrogen (secondary N) is 1. The molecule has 1 aliphatic heterocycles. The van der Waals surface area contributed by atoms with Crippen molar-refractivity contribution in [1.82, 2.24) is 10.3 Å². The Labute approximate surface area is 150 Å². The Morgan fingerprint density at radius 1 is 1.48 bits per heavy atom. The number of benzene rings is 1. The Morgan fingerprint density at radius 3 is 3.04 bits per heavy atom. The second-order valence-electron chi connectivity index (χ2n) is 6.07. The van der Waals surface area contributed by atoms with Crippen molar-refractivity contribution in [3.63, 3.8) is 0 Å². The van der Waals surface area contributed by atoms with E-state index in [4.69, 9.17) is 9.47 Å². The van der Waals surface area contributed by atoms with Gasteiger partial charge in [0, 0.05) is 17.4 Å². The minimum atomic E-state index is -0.346. The highest BCUT2D eigenvalue weighted by Gasteiger charge is 2.29. The minimum Gasteiger partial charge on any atom is -0.488 e. The maximum absolute atomic E-state index is 13.3. The van der Waals surface area contributed by atoms with Gasteiger partial charge in [-0.1, -0.05) is 6.07 Å². The molecule has 1 saturated heterocycles. The summed E-state index contributed by atoms with van der Waals surface area (Å²) in [4.78, 5) is 17.7. The number of amides is 1. The third-order valence-electron chi connectivity index (χ3n) is 4.04. The van der Waals surface area contributed by atoms with E-state index in [-0.39, 0.29) is 23.9 Å². The first-order valence-electron chi connectivity index (χ1n) is 8.23. The first-order valence-corrected chi connectivity index (χ1v) is 9.05. The van der Waals surface area contributed by atoms with Gasteiger partial charge in [0.05, 0.1) is 36.4 Å². The van der Waals surface area contributed by atoms with Crippen LogP contribution in [0.5, 0.6) is 5.75 Å². The lowest BCUT2D eigenvalue weighted by Crippen LogP contribution is -2.52. The molecule has 2 atom stereocenters. The molecule has 0 saturated carbocycles. The monoisotopic (exact) mass is 364 g/mol. The fraction of sp³-hybridized carbons (Fsp3) is 0.444. The molecule has 0 unspecified atom stereocenters. The van der Waals surface area contributed by atoms with Crippen molar-refractivity contribution in [2.45, 2.75) is 38.8 Å². The van der Waals surface area contributed by atoms with Crippen LogP contribution in [0.4, 0.5) is 4.39 Å². The lowest BCUT2D eigenvalue weighted by Gasteiger charge is -2.32. The molecule has 1 N–H and O–H groups in total. The van der Waals surface area contributed by atoms with E-state index >= 15 is 0 Å². The van der Waals surface area contributed by atoms with Gasteiger partial charge in [-0.25, -0.2) is 9.37 Å². The van der Waals surface area contributed by atoms with Crippen LogP contribution in [0, 0.1) is 19.7 Å². The smallest absolute Gasteiger partial charge is 0.225 e. The number of hydrogen-bond donors (Lipinski definition) is 1. The van der Waals surface area contributed by atoms with Gasteiger partial charge in [-0.2, -0.15) is 0 Å². The zero-order chi connectivity index (χ0) is 17.8. The predicted molar refractivity (Wildman–Crippen MR) is 93.5 cm³/mol. The number of aryl methyl sites for hydroxylation is 2. The predicted octanol–water partition coefficient (Wildman–Crippen LogP) is 2.79. The van der Waals surface area contributed by atoms with Gasteiger partial charge in [-0.3, -0.25) is 4.79 Å². The van der Waals surface area contributed by atoms with Crippen molar-refractivity contribution in [1.29, 1.82) is 0 Å². The van der Waals surface area contributed by atoms with Crippen molar-refractivity contribution in [2.24, 2.45) is 0 Å². The highest BCUT2D eigenvalue weighted by molar-refractivity contribution is 7.11. The molecule has 1 amide bonds. The van der Waals surface area contributed by atoms with E-state index < -0.39 is 0 Å². The van der Waals surface area contributed by atoms with E-state index in [0.29, 0.717) is 31.8 Å². The lowest BCUT2D eigenvalue weighted by molar-refractivity contribution is -0.123. The summed E-state index contributed by atoms with van der Waals surface area (Å²) in [5.41, 5.74) is 0.894. The van der Waals surface area contributed by atoms with Gasteiger partial charge in [0.25, 0.3) is 0 Å². The number of rotatable bonds is 5. The third kappa shape index (κ3) is 4.76. The van der Waals surface area contributed by atoms with Gasteiger partial charge in [0.15, 0.2) is 0 Å². The topological polar surface area (TPSA) is 60.5 Å². The van der Waals surface area contributed by atoms with E-state index in [1.54, 1.807) is 12.1 Å². The summed E-state index contributed by atoms with van der Waals surface area (Å²) >= 11 is 1.53. The molecule has 5 nitrogen and oxygen atoms in total. The third-order valence-corrected chi connectivity index (χ3v) is 5.12. The van der Waals surface area contributed by atoms with Crippen molar-refractivity contribution in [3.05, 3.63) is 45.7 Å². The molecule has 134 valence electrons. The molecule has 7 heteroatoms. The van der Waals surface area contributed by atoms with E-state index in [1.165, 1.54) is 23.5 Å². The molecule has 3 rings (SSSR count). The Kier molecular flexibility index (Phi) is 5.65. The number of thiazole rings is 1. The molecular weight excluding hydrogens is 343 g/mol. The average molecular weight is 364 g/mol. The van der Waals surface area contributed by atoms with Crippen molar-refractivity contribution >= 4 is 17.2 Å². The summed E-state index contributed by atoms with van der Waals surface area (Å²) in [5, 5.41) is 3.94. The Balaban J connectivity index is 1.62. The first-order chi connectivity index (χ1) is 12.0. The van der Waals surface area contributed by atoms with E-state index in [1.807, 2.05) is 13.8 Å². The zero-order valence-corrected chi connectivity index (χ0v) is 15.1. The second-order valence-corrected chi connectivity index (χ2v) is 7.36. The van der Waals surface area contributed by atoms with Gasteiger partial charge < -0.3 is 14.8 Å². The molecule has 0 spiro atoms. The van der Waals surface area contributed by atoms with Crippen LogP contribution in [0.25, 0.3) is 0 Å². The summed E-state index contributed by atoms with van der Waals surface area (Å²) in [6.45, 7) is 4.77. The molecule has 2 heterocycles. The van der Waals surface area contributed by atoms with Crippen LogP contribution in [0.1, 0.15) is 22.0 Å². The maximum atomic E-state index is 13.3. The fourth-order valence-corrected chi connectivity index (χ4v) is 3.79. The van der Waals surface area contributed by atoms with E-state index in [0.717, 1.165) is 15.6 Å². The van der Waals surface area contributed by atoms with Gasteiger partial charge >= 0.3 is 0 Å². The molecule has 0 radical (unpaired) electrons. The summed E-state index contributed by atoms with van der Waals surface area (Å²) in [6.07, 6.45) is 0.685. The van der Waals surface area contributed by atoms with E-state index in [9.17, 15) is 9.18 Å². The average Bonchev–Trinajstić information content (AvgIpc) is 2.86. The van der Waals surface area contributed by atoms with Crippen LogP contribution in [0.2, 0.25) is 0 Å². The van der Waals surface area contributed by atoms with Gasteiger partial charge in [-0.05, 0) is 26.0 Å². The summed E-state index contributed by atoms with van der Waals surface area (Å²) in [7, 11) is 0. The normalized spacial score (nSPS) is 20.3. The van der Waals surface area contributed by atoms with Crippen LogP contribution in [-0.4, -0.2) is 36.3 Å². The maximum Gasteiger partial charge on any atom is 0.225 e. The molecule has 1 aromatic carbocycles. The molecule has 1 aromatic heterocycles. The molecule has 2 aromatic rings. The standard InChI is InChI=1S/C18H21FN2O3S/c1-11-17(25-12(2)20-11)9-18(22)21-15-10-23-7-6-16(15)24-14-5-3-4-13(19)8-14/h3-5,8,15-16H,6-7,9-10H2,1-2H3,(H,21,22)/t15-,16+/m1/s1. The Bertz CT molecular complexity index is 750.